The van der Waals surface area contributed by atoms with Gasteiger partial charge in [-0.3, -0.25) is 9.48 Å². The molecule has 3 aromatic rings. The predicted molar refractivity (Wildman–Crippen MR) is 129 cm³/mol. The molecule has 2 fully saturated rings. The monoisotopic (exact) mass is 444 g/mol. The summed E-state index contributed by atoms with van der Waals surface area (Å²) in [5.74, 6) is 0.768. The van der Waals surface area contributed by atoms with Crippen molar-refractivity contribution in [2.75, 3.05) is 24.5 Å². The number of nitrogens with zero attached hydrogens (tertiary/aromatic N) is 6. The first-order valence-electron chi connectivity index (χ1n) is 12.0. The lowest BCUT2D eigenvalue weighted by Crippen LogP contribution is -2.34. The van der Waals surface area contributed by atoms with Crippen molar-refractivity contribution in [1.29, 1.82) is 0 Å². The molecule has 2 saturated heterocycles. The maximum absolute atomic E-state index is 13.6. The molecular weight excluding hydrogens is 412 g/mol. The van der Waals surface area contributed by atoms with E-state index in [9.17, 15) is 4.79 Å². The number of likely N-dealkylation sites (tertiary alicyclic amines) is 1. The summed E-state index contributed by atoms with van der Waals surface area (Å²) in [5.41, 5.74) is 5.07. The highest BCUT2D eigenvalue weighted by molar-refractivity contribution is 5.84. The van der Waals surface area contributed by atoms with E-state index in [0.717, 1.165) is 60.9 Å². The SMILES string of the molecule is Cc1ccc([C@@H](C)C(=O)N2CCC[C@H]2c2nn(C)cc2-c2ccnc(N3CCCC3)n2)cc1. The molecule has 0 aliphatic carbocycles. The highest BCUT2D eigenvalue weighted by atomic mass is 16.2. The molecule has 1 aromatic carbocycles. The third-order valence-electron chi connectivity index (χ3n) is 6.96. The number of hydrogen-bond acceptors (Lipinski definition) is 5. The standard InChI is InChI=1S/C26H32N6O/c1-18-8-10-20(11-9-18)19(2)25(33)32-16-6-7-23(32)24-21(17-30(3)29-24)22-12-13-27-26(28-22)31-14-4-5-15-31/h8-13,17,19,23H,4-7,14-16H2,1-3H3/t19-,23+/m1/s1. The maximum atomic E-state index is 13.6. The molecule has 7 nitrogen and oxygen atoms in total. The van der Waals surface area contributed by atoms with Crippen LogP contribution in [0.3, 0.4) is 0 Å². The number of hydrogen-bond donors (Lipinski definition) is 0. The van der Waals surface area contributed by atoms with Crippen LogP contribution >= 0.6 is 0 Å². The number of aryl methyl sites for hydroxylation is 2. The van der Waals surface area contributed by atoms with Gasteiger partial charge in [-0.25, -0.2) is 9.97 Å². The molecule has 1 amide bonds. The Bertz CT molecular complexity index is 1130. The summed E-state index contributed by atoms with van der Waals surface area (Å²) >= 11 is 0. The molecular formula is C26H32N6O. The molecule has 0 saturated carbocycles. The minimum atomic E-state index is -0.181. The van der Waals surface area contributed by atoms with E-state index in [1.807, 2.05) is 42.0 Å². The van der Waals surface area contributed by atoms with Gasteiger partial charge in [-0.15, -0.1) is 0 Å². The Balaban J connectivity index is 1.44. The fourth-order valence-corrected chi connectivity index (χ4v) is 5.08. The fourth-order valence-electron chi connectivity index (χ4n) is 5.08. The van der Waals surface area contributed by atoms with Crippen LogP contribution < -0.4 is 4.90 Å². The topological polar surface area (TPSA) is 67.2 Å². The molecule has 7 heteroatoms. The molecule has 0 spiro atoms. The van der Waals surface area contributed by atoms with Crippen LogP contribution in [-0.4, -0.2) is 50.2 Å². The lowest BCUT2D eigenvalue weighted by atomic mass is 9.97. The zero-order valence-electron chi connectivity index (χ0n) is 19.7. The van der Waals surface area contributed by atoms with E-state index >= 15 is 0 Å². The van der Waals surface area contributed by atoms with Gasteiger partial charge in [0, 0.05) is 44.6 Å². The van der Waals surface area contributed by atoms with Crippen molar-refractivity contribution in [3.8, 4) is 11.3 Å². The second kappa shape index (κ2) is 8.96. The summed E-state index contributed by atoms with van der Waals surface area (Å²) in [4.78, 5) is 27.2. The first-order valence-corrected chi connectivity index (χ1v) is 12.0. The van der Waals surface area contributed by atoms with Crippen molar-refractivity contribution in [3.05, 3.63) is 59.5 Å². The Morgan fingerprint density at radius 3 is 2.58 bits per heavy atom. The largest absolute Gasteiger partial charge is 0.341 e. The summed E-state index contributed by atoms with van der Waals surface area (Å²) in [7, 11) is 1.94. The molecule has 2 atom stereocenters. The van der Waals surface area contributed by atoms with Gasteiger partial charge in [0.15, 0.2) is 0 Å². The van der Waals surface area contributed by atoms with Crippen LogP contribution in [0.15, 0.2) is 42.7 Å². The van der Waals surface area contributed by atoms with Gasteiger partial charge in [-0.2, -0.15) is 5.10 Å². The van der Waals surface area contributed by atoms with Gasteiger partial charge in [0.05, 0.1) is 23.3 Å². The van der Waals surface area contributed by atoms with E-state index < -0.39 is 0 Å². The molecule has 0 radical (unpaired) electrons. The predicted octanol–water partition coefficient (Wildman–Crippen LogP) is 4.25. The van der Waals surface area contributed by atoms with Crippen LogP contribution in [0.4, 0.5) is 5.95 Å². The van der Waals surface area contributed by atoms with Crippen LogP contribution in [0.25, 0.3) is 11.3 Å². The first kappa shape index (κ1) is 21.6. The molecule has 2 aliphatic rings. The third-order valence-corrected chi connectivity index (χ3v) is 6.96. The van der Waals surface area contributed by atoms with Crippen LogP contribution in [0.5, 0.6) is 0 Å². The van der Waals surface area contributed by atoms with Crippen molar-refractivity contribution < 1.29 is 4.79 Å². The first-order chi connectivity index (χ1) is 16.0. The molecule has 2 aliphatic heterocycles. The smallest absolute Gasteiger partial charge is 0.230 e. The molecule has 4 heterocycles. The van der Waals surface area contributed by atoms with Gasteiger partial charge in [0.2, 0.25) is 11.9 Å². The second-order valence-electron chi connectivity index (χ2n) is 9.36. The highest BCUT2D eigenvalue weighted by Crippen LogP contribution is 2.38. The Morgan fingerprint density at radius 1 is 1.06 bits per heavy atom. The van der Waals surface area contributed by atoms with Crippen LogP contribution in [0.1, 0.15) is 61.4 Å². The number of carbonyl (C=O) groups excluding carboxylic acids is 1. The molecule has 5 rings (SSSR count). The number of carbonyl (C=O) groups is 1. The van der Waals surface area contributed by atoms with Crippen LogP contribution in [-0.2, 0) is 11.8 Å². The minimum absolute atomic E-state index is 0.0354. The van der Waals surface area contributed by atoms with E-state index in [2.05, 4.69) is 41.1 Å². The molecule has 2 aromatic heterocycles. The molecule has 0 unspecified atom stereocenters. The van der Waals surface area contributed by atoms with Gasteiger partial charge >= 0.3 is 0 Å². The van der Waals surface area contributed by atoms with Gasteiger partial charge in [0.1, 0.15) is 0 Å². The van der Waals surface area contributed by atoms with Crippen molar-refractivity contribution in [2.24, 2.45) is 7.05 Å². The molecule has 172 valence electrons. The van der Waals surface area contributed by atoms with Crippen LogP contribution in [0.2, 0.25) is 0 Å². The Morgan fingerprint density at radius 2 is 1.82 bits per heavy atom. The van der Waals surface area contributed by atoms with Crippen molar-refractivity contribution in [2.45, 2.75) is 51.5 Å². The van der Waals surface area contributed by atoms with Gasteiger partial charge in [-0.05, 0) is 51.2 Å². The Hall–Kier alpha value is -3.22. The normalized spacial score (nSPS) is 19.3. The zero-order chi connectivity index (χ0) is 22.9. The number of benzene rings is 1. The van der Waals surface area contributed by atoms with E-state index in [0.29, 0.717) is 0 Å². The van der Waals surface area contributed by atoms with E-state index in [4.69, 9.17) is 10.1 Å². The lowest BCUT2D eigenvalue weighted by Gasteiger charge is -2.27. The molecule has 33 heavy (non-hydrogen) atoms. The van der Waals surface area contributed by atoms with Crippen molar-refractivity contribution in [3.63, 3.8) is 0 Å². The Labute approximate surface area is 195 Å². The Kier molecular flexibility index (Phi) is 5.87. The quantitative estimate of drug-likeness (QED) is 0.588. The number of aromatic nitrogens is 4. The minimum Gasteiger partial charge on any atom is -0.341 e. The summed E-state index contributed by atoms with van der Waals surface area (Å²) in [6, 6.07) is 10.2. The summed E-state index contributed by atoms with van der Waals surface area (Å²) in [6.45, 7) is 6.85. The lowest BCUT2D eigenvalue weighted by molar-refractivity contribution is -0.133. The van der Waals surface area contributed by atoms with Gasteiger partial charge < -0.3 is 9.80 Å². The molecule has 0 bridgehead atoms. The number of anilines is 1. The highest BCUT2D eigenvalue weighted by Gasteiger charge is 2.36. The summed E-state index contributed by atoms with van der Waals surface area (Å²) in [5, 5.41) is 4.82. The third kappa shape index (κ3) is 4.24. The van der Waals surface area contributed by atoms with Crippen molar-refractivity contribution in [1.82, 2.24) is 24.6 Å². The second-order valence-corrected chi connectivity index (χ2v) is 9.36. The summed E-state index contributed by atoms with van der Waals surface area (Å²) in [6.07, 6.45) is 8.13. The average Bonchev–Trinajstić information content (AvgIpc) is 3.59. The van der Waals surface area contributed by atoms with Crippen LogP contribution in [0, 0.1) is 6.92 Å². The fraction of sp³-hybridized carbons (Fsp3) is 0.462. The summed E-state index contributed by atoms with van der Waals surface area (Å²) < 4.78 is 1.84. The average molecular weight is 445 g/mol. The van der Waals surface area contributed by atoms with Gasteiger partial charge in [0.25, 0.3) is 0 Å². The number of rotatable bonds is 5. The zero-order valence-corrected chi connectivity index (χ0v) is 19.7. The maximum Gasteiger partial charge on any atom is 0.230 e. The number of amides is 1. The van der Waals surface area contributed by atoms with Crippen molar-refractivity contribution >= 4 is 11.9 Å². The van der Waals surface area contributed by atoms with Gasteiger partial charge in [-0.1, -0.05) is 29.8 Å². The van der Waals surface area contributed by atoms with E-state index in [-0.39, 0.29) is 17.9 Å². The molecule has 0 N–H and O–H groups in total. The van der Waals surface area contributed by atoms with E-state index in [1.54, 1.807) is 0 Å². The van der Waals surface area contributed by atoms with E-state index in [1.165, 1.54) is 18.4 Å².